The Morgan fingerprint density at radius 3 is 2.39 bits per heavy atom. The van der Waals surface area contributed by atoms with Crippen LogP contribution >= 0.6 is 0 Å². The summed E-state index contributed by atoms with van der Waals surface area (Å²) in [7, 11) is 0. The van der Waals surface area contributed by atoms with Gasteiger partial charge >= 0.3 is 0 Å². The van der Waals surface area contributed by atoms with E-state index in [1.807, 2.05) is 6.07 Å². The average molecular weight is 378 g/mol. The highest BCUT2D eigenvalue weighted by molar-refractivity contribution is 5.98. The average Bonchev–Trinajstić information content (AvgIpc) is 3.16. The molecular formula is C20H18N4O4. The molecule has 0 aliphatic carbocycles. The number of amides is 3. The molecular weight excluding hydrogens is 360 g/mol. The zero-order valence-corrected chi connectivity index (χ0v) is 15.0. The second-order valence-electron chi connectivity index (χ2n) is 6.12. The van der Waals surface area contributed by atoms with Gasteiger partial charge in [-0.2, -0.15) is 5.26 Å². The van der Waals surface area contributed by atoms with Crippen LogP contribution in [0, 0.1) is 11.3 Å². The third-order valence-corrected chi connectivity index (χ3v) is 4.18. The topological polar surface area (TPSA) is 112 Å². The standard InChI is InChI=1S/C20H18N4O4/c21-12-14-3-9-17(10-4-14)28-13-18(25)22-23-20(27)15-5-7-16(8-6-15)24-11-1-2-19(24)26/h3-10H,1-2,11,13H2,(H,22,25)(H,23,27). The molecule has 1 aliphatic heterocycles. The van der Waals surface area contributed by atoms with Crippen molar-refractivity contribution < 1.29 is 19.1 Å². The highest BCUT2D eigenvalue weighted by atomic mass is 16.5. The predicted octanol–water partition coefficient (Wildman–Crippen LogP) is 1.53. The largest absolute Gasteiger partial charge is 0.484 e. The molecule has 2 aromatic carbocycles. The fourth-order valence-electron chi connectivity index (χ4n) is 2.72. The maximum Gasteiger partial charge on any atom is 0.276 e. The minimum absolute atomic E-state index is 0.0757. The summed E-state index contributed by atoms with van der Waals surface area (Å²) < 4.78 is 5.28. The minimum Gasteiger partial charge on any atom is -0.484 e. The van der Waals surface area contributed by atoms with E-state index >= 15 is 0 Å². The number of carbonyl (C=O) groups excluding carboxylic acids is 3. The molecule has 0 saturated carbocycles. The van der Waals surface area contributed by atoms with Gasteiger partial charge < -0.3 is 9.64 Å². The number of nitrogens with one attached hydrogen (secondary N) is 2. The Morgan fingerprint density at radius 2 is 1.79 bits per heavy atom. The van der Waals surface area contributed by atoms with Crippen molar-refractivity contribution in [3.8, 4) is 11.8 Å². The third kappa shape index (κ3) is 4.65. The van der Waals surface area contributed by atoms with Gasteiger partial charge in [-0.3, -0.25) is 25.2 Å². The van der Waals surface area contributed by atoms with Crippen LogP contribution in [0.15, 0.2) is 48.5 Å². The van der Waals surface area contributed by atoms with Crippen LogP contribution in [0.1, 0.15) is 28.8 Å². The molecule has 0 bridgehead atoms. The van der Waals surface area contributed by atoms with Gasteiger partial charge in [-0.1, -0.05) is 0 Å². The lowest BCUT2D eigenvalue weighted by Gasteiger charge is -2.16. The molecule has 28 heavy (non-hydrogen) atoms. The van der Waals surface area contributed by atoms with Gasteiger partial charge in [0.15, 0.2) is 6.61 Å². The monoisotopic (exact) mass is 378 g/mol. The highest BCUT2D eigenvalue weighted by Crippen LogP contribution is 2.21. The van der Waals surface area contributed by atoms with Crippen LogP contribution in [-0.2, 0) is 9.59 Å². The lowest BCUT2D eigenvalue weighted by Crippen LogP contribution is -2.43. The van der Waals surface area contributed by atoms with Crippen molar-refractivity contribution in [2.24, 2.45) is 0 Å². The van der Waals surface area contributed by atoms with Crippen LogP contribution in [0.2, 0.25) is 0 Å². The van der Waals surface area contributed by atoms with Crippen molar-refractivity contribution in [3.63, 3.8) is 0 Å². The van der Waals surface area contributed by atoms with Crippen LogP contribution in [0.5, 0.6) is 5.75 Å². The summed E-state index contributed by atoms with van der Waals surface area (Å²) in [4.78, 5) is 37.3. The van der Waals surface area contributed by atoms with Gasteiger partial charge in [-0.15, -0.1) is 0 Å². The molecule has 0 spiro atoms. The number of hydrazine groups is 1. The van der Waals surface area contributed by atoms with Crippen molar-refractivity contribution in [2.45, 2.75) is 12.8 Å². The molecule has 142 valence electrons. The molecule has 1 heterocycles. The Hall–Kier alpha value is -3.86. The van der Waals surface area contributed by atoms with Gasteiger partial charge in [0, 0.05) is 24.2 Å². The third-order valence-electron chi connectivity index (χ3n) is 4.18. The molecule has 0 aromatic heterocycles. The number of rotatable bonds is 5. The molecule has 1 saturated heterocycles. The highest BCUT2D eigenvalue weighted by Gasteiger charge is 2.21. The number of ether oxygens (including phenoxy) is 1. The SMILES string of the molecule is N#Cc1ccc(OCC(=O)NNC(=O)c2ccc(N3CCCC3=O)cc2)cc1. The first-order chi connectivity index (χ1) is 13.6. The lowest BCUT2D eigenvalue weighted by atomic mass is 10.2. The van der Waals surface area contributed by atoms with Crippen molar-refractivity contribution in [1.82, 2.24) is 10.9 Å². The Labute approximate surface area is 161 Å². The van der Waals surface area contributed by atoms with E-state index in [0.29, 0.717) is 29.8 Å². The summed E-state index contributed by atoms with van der Waals surface area (Å²) in [5, 5.41) is 8.73. The van der Waals surface area contributed by atoms with Crippen LogP contribution < -0.4 is 20.5 Å². The Kier molecular flexibility index (Phi) is 5.87. The molecule has 1 aliphatic rings. The van der Waals surface area contributed by atoms with Crippen molar-refractivity contribution in [3.05, 3.63) is 59.7 Å². The molecule has 1 fully saturated rings. The number of carbonyl (C=O) groups is 3. The van der Waals surface area contributed by atoms with E-state index in [4.69, 9.17) is 10.00 Å². The lowest BCUT2D eigenvalue weighted by molar-refractivity contribution is -0.123. The zero-order valence-electron chi connectivity index (χ0n) is 15.0. The molecule has 8 nitrogen and oxygen atoms in total. The van der Waals surface area contributed by atoms with Gasteiger partial charge in [-0.25, -0.2) is 0 Å². The summed E-state index contributed by atoms with van der Waals surface area (Å²) >= 11 is 0. The Bertz CT molecular complexity index is 917. The number of hydrogen-bond acceptors (Lipinski definition) is 5. The molecule has 0 atom stereocenters. The van der Waals surface area contributed by atoms with Crippen molar-refractivity contribution >= 4 is 23.4 Å². The van der Waals surface area contributed by atoms with E-state index in [0.717, 1.165) is 12.1 Å². The molecule has 3 amide bonds. The van der Waals surface area contributed by atoms with Gasteiger partial charge in [-0.05, 0) is 55.0 Å². The molecule has 2 aromatic rings. The van der Waals surface area contributed by atoms with Crippen LogP contribution in [0.25, 0.3) is 0 Å². The first kappa shape index (κ1) is 18.9. The summed E-state index contributed by atoms with van der Waals surface area (Å²) in [5.41, 5.74) is 6.17. The predicted molar refractivity (Wildman–Crippen MR) is 100 cm³/mol. The summed E-state index contributed by atoms with van der Waals surface area (Å²) in [6.45, 7) is 0.391. The summed E-state index contributed by atoms with van der Waals surface area (Å²) in [5.74, 6) is -0.498. The Morgan fingerprint density at radius 1 is 1.07 bits per heavy atom. The zero-order chi connectivity index (χ0) is 19.9. The number of benzene rings is 2. The molecule has 0 radical (unpaired) electrons. The van der Waals surface area contributed by atoms with Crippen molar-refractivity contribution in [2.75, 3.05) is 18.1 Å². The van der Waals surface area contributed by atoms with E-state index in [9.17, 15) is 14.4 Å². The normalized spacial score (nSPS) is 13.0. The maximum absolute atomic E-state index is 12.1. The number of anilines is 1. The number of hydrogen-bond donors (Lipinski definition) is 2. The summed E-state index contributed by atoms with van der Waals surface area (Å²) in [6.07, 6.45) is 1.37. The first-order valence-corrected chi connectivity index (χ1v) is 8.69. The quantitative estimate of drug-likeness (QED) is 0.767. The van der Waals surface area contributed by atoms with E-state index in [1.54, 1.807) is 53.4 Å². The van der Waals surface area contributed by atoms with E-state index < -0.39 is 11.8 Å². The van der Waals surface area contributed by atoms with Crippen molar-refractivity contribution in [1.29, 1.82) is 5.26 Å². The number of nitrogens with zero attached hydrogens (tertiary/aromatic N) is 2. The van der Waals surface area contributed by atoms with Crippen LogP contribution in [-0.4, -0.2) is 30.9 Å². The van der Waals surface area contributed by atoms with Gasteiger partial charge in [0.1, 0.15) is 5.75 Å². The fraction of sp³-hybridized carbons (Fsp3) is 0.200. The first-order valence-electron chi connectivity index (χ1n) is 8.69. The molecule has 2 N–H and O–H groups in total. The van der Waals surface area contributed by atoms with Crippen LogP contribution in [0.4, 0.5) is 5.69 Å². The Balaban J connectivity index is 1.45. The van der Waals surface area contributed by atoms with Gasteiger partial charge in [0.05, 0.1) is 11.6 Å². The smallest absolute Gasteiger partial charge is 0.276 e. The second kappa shape index (κ2) is 8.68. The molecule has 3 rings (SSSR count). The fourth-order valence-corrected chi connectivity index (χ4v) is 2.72. The molecule has 0 unspecified atom stereocenters. The summed E-state index contributed by atoms with van der Waals surface area (Å²) in [6, 6.07) is 14.9. The van der Waals surface area contributed by atoms with Gasteiger partial charge in [0.25, 0.3) is 11.8 Å². The van der Waals surface area contributed by atoms with E-state index in [1.165, 1.54) is 0 Å². The van der Waals surface area contributed by atoms with Gasteiger partial charge in [0.2, 0.25) is 5.91 Å². The second-order valence-corrected chi connectivity index (χ2v) is 6.12. The maximum atomic E-state index is 12.1. The van der Waals surface area contributed by atoms with E-state index in [2.05, 4.69) is 10.9 Å². The van der Waals surface area contributed by atoms with Crippen LogP contribution in [0.3, 0.4) is 0 Å². The molecule has 8 heteroatoms. The minimum atomic E-state index is -0.531. The number of nitriles is 1. The van der Waals surface area contributed by atoms with E-state index in [-0.39, 0.29) is 12.5 Å².